The van der Waals surface area contributed by atoms with E-state index in [2.05, 4.69) is 22.1 Å². The van der Waals surface area contributed by atoms with Crippen LogP contribution in [0.1, 0.15) is 15.9 Å². The molecule has 0 spiro atoms. The average Bonchev–Trinajstić information content (AvgIpc) is 2.53. The van der Waals surface area contributed by atoms with Crippen molar-refractivity contribution in [3.63, 3.8) is 0 Å². The van der Waals surface area contributed by atoms with Gasteiger partial charge in [0.2, 0.25) is 5.88 Å². The summed E-state index contributed by atoms with van der Waals surface area (Å²) in [4.78, 5) is 16.2. The Kier molecular flexibility index (Phi) is 4.91. The van der Waals surface area contributed by atoms with Crippen molar-refractivity contribution in [3.8, 4) is 17.7 Å². The first-order valence-electron chi connectivity index (χ1n) is 6.24. The van der Waals surface area contributed by atoms with E-state index in [4.69, 9.17) is 9.84 Å². The first-order chi connectivity index (χ1) is 10.2. The normalized spacial score (nSPS) is 9.43. The van der Waals surface area contributed by atoms with Crippen LogP contribution in [0, 0.1) is 11.8 Å². The number of carbonyl (C=O) groups excluding carboxylic acids is 1. The smallest absolute Gasteiger partial charge is 0.261 e. The van der Waals surface area contributed by atoms with Gasteiger partial charge in [-0.2, -0.15) is 0 Å². The van der Waals surface area contributed by atoms with Gasteiger partial charge in [0.05, 0.1) is 7.11 Å². The number of amides is 1. The second-order valence-corrected chi connectivity index (χ2v) is 4.06. The van der Waals surface area contributed by atoms with Crippen molar-refractivity contribution in [3.05, 3.63) is 53.7 Å². The number of aliphatic hydroxyl groups excluding tert-OH is 1. The van der Waals surface area contributed by atoms with Gasteiger partial charge in [-0.3, -0.25) is 4.79 Å². The summed E-state index contributed by atoms with van der Waals surface area (Å²) in [6.45, 7) is -0.205. The zero-order valence-electron chi connectivity index (χ0n) is 11.5. The maximum absolute atomic E-state index is 12.2. The molecule has 0 atom stereocenters. The summed E-state index contributed by atoms with van der Waals surface area (Å²) in [6, 6.07) is 10.4. The minimum atomic E-state index is -0.313. The molecule has 0 saturated heterocycles. The van der Waals surface area contributed by atoms with Gasteiger partial charge in [-0.25, -0.2) is 4.98 Å². The molecular weight excluding hydrogens is 268 g/mol. The largest absolute Gasteiger partial charge is 0.480 e. The summed E-state index contributed by atoms with van der Waals surface area (Å²) in [7, 11) is 1.46. The van der Waals surface area contributed by atoms with Crippen molar-refractivity contribution >= 4 is 11.6 Å². The summed E-state index contributed by atoms with van der Waals surface area (Å²) < 4.78 is 5.06. The van der Waals surface area contributed by atoms with E-state index in [1.807, 2.05) is 0 Å². The van der Waals surface area contributed by atoms with Gasteiger partial charge in [0, 0.05) is 17.4 Å². The number of ether oxygens (including phenoxy) is 1. The van der Waals surface area contributed by atoms with Gasteiger partial charge in [-0.15, -0.1) is 0 Å². The molecule has 0 saturated carbocycles. The standard InChI is InChI=1S/C16H14N2O3/c1-21-16-14(8-3-9-17-16)15(20)18-13-7-2-5-12(11-13)6-4-10-19/h2-3,5,7-9,11,19H,10H2,1H3,(H,18,20). The fraction of sp³-hybridized carbons (Fsp3) is 0.125. The molecular formula is C16H14N2O3. The SMILES string of the molecule is COc1ncccc1C(=O)Nc1cccc(C#CCO)c1. The van der Waals surface area contributed by atoms with Crippen LogP contribution in [-0.2, 0) is 0 Å². The van der Waals surface area contributed by atoms with E-state index in [1.54, 1.807) is 42.6 Å². The quantitative estimate of drug-likeness (QED) is 0.840. The molecule has 1 aromatic heterocycles. The highest BCUT2D eigenvalue weighted by Gasteiger charge is 2.12. The third-order valence-electron chi connectivity index (χ3n) is 2.64. The van der Waals surface area contributed by atoms with Gasteiger partial charge in [0.1, 0.15) is 12.2 Å². The van der Waals surface area contributed by atoms with Gasteiger partial charge >= 0.3 is 0 Å². The highest BCUT2D eigenvalue weighted by Crippen LogP contribution is 2.17. The second-order valence-electron chi connectivity index (χ2n) is 4.06. The minimum Gasteiger partial charge on any atom is -0.480 e. The van der Waals surface area contributed by atoms with E-state index in [0.717, 1.165) is 0 Å². The lowest BCUT2D eigenvalue weighted by Gasteiger charge is -2.08. The van der Waals surface area contributed by atoms with Gasteiger partial charge in [0.25, 0.3) is 5.91 Å². The molecule has 2 N–H and O–H groups in total. The number of anilines is 1. The first kappa shape index (κ1) is 14.6. The Labute approximate surface area is 122 Å². The van der Waals surface area contributed by atoms with E-state index in [1.165, 1.54) is 7.11 Å². The summed E-state index contributed by atoms with van der Waals surface area (Å²) in [5.74, 6) is 5.30. The van der Waals surface area contributed by atoms with Crippen molar-refractivity contribution in [1.82, 2.24) is 4.98 Å². The molecule has 0 aliphatic carbocycles. The van der Waals surface area contributed by atoms with Crippen LogP contribution in [-0.4, -0.2) is 29.7 Å². The summed E-state index contributed by atoms with van der Waals surface area (Å²) in [6.07, 6.45) is 1.56. The summed E-state index contributed by atoms with van der Waals surface area (Å²) in [5, 5.41) is 11.4. The Morgan fingerprint density at radius 2 is 2.24 bits per heavy atom. The lowest BCUT2D eigenvalue weighted by atomic mass is 10.2. The number of aliphatic hydroxyl groups is 1. The molecule has 2 aromatic rings. The number of benzene rings is 1. The van der Waals surface area contributed by atoms with Crippen LogP contribution in [0.15, 0.2) is 42.6 Å². The molecule has 5 nitrogen and oxygen atoms in total. The Morgan fingerprint density at radius 3 is 3.00 bits per heavy atom. The van der Waals surface area contributed by atoms with Gasteiger partial charge in [-0.1, -0.05) is 17.9 Å². The van der Waals surface area contributed by atoms with Crippen molar-refractivity contribution < 1.29 is 14.6 Å². The number of hydrogen-bond donors (Lipinski definition) is 2. The monoisotopic (exact) mass is 282 g/mol. The van der Waals surface area contributed by atoms with Gasteiger partial charge in [0.15, 0.2) is 0 Å². The highest BCUT2D eigenvalue weighted by molar-refractivity contribution is 6.05. The van der Waals surface area contributed by atoms with E-state index in [-0.39, 0.29) is 18.4 Å². The Balaban J connectivity index is 2.20. The lowest BCUT2D eigenvalue weighted by molar-refractivity contribution is 0.102. The average molecular weight is 282 g/mol. The second kappa shape index (κ2) is 7.08. The van der Waals surface area contributed by atoms with Crippen molar-refractivity contribution in [2.45, 2.75) is 0 Å². The zero-order valence-corrected chi connectivity index (χ0v) is 11.5. The van der Waals surface area contributed by atoms with Crippen molar-refractivity contribution in [2.24, 2.45) is 0 Å². The topological polar surface area (TPSA) is 71.5 Å². The number of pyridine rings is 1. The fourth-order valence-electron chi connectivity index (χ4n) is 1.74. The van der Waals surface area contributed by atoms with Gasteiger partial charge < -0.3 is 15.2 Å². The lowest BCUT2D eigenvalue weighted by Crippen LogP contribution is -2.13. The van der Waals surface area contributed by atoms with E-state index >= 15 is 0 Å². The first-order valence-corrected chi connectivity index (χ1v) is 6.24. The molecule has 0 aliphatic heterocycles. The van der Waals surface area contributed by atoms with Crippen LogP contribution >= 0.6 is 0 Å². The van der Waals surface area contributed by atoms with Crippen LogP contribution in [0.3, 0.4) is 0 Å². The minimum absolute atomic E-state index is 0.205. The molecule has 0 fully saturated rings. The fourth-order valence-corrected chi connectivity index (χ4v) is 1.74. The molecule has 1 amide bonds. The van der Waals surface area contributed by atoms with Crippen LogP contribution in [0.4, 0.5) is 5.69 Å². The van der Waals surface area contributed by atoms with Crippen LogP contribution in [0.5, 0.6) is 5.88 Å². The molecule has 2 rings (SSSR count). The van der Waals surface area contributed by atoms with Crippen LogP contribution in [0.2, 0.25) is 0 Å². The number of rotatable bonds is 3. The molecule has 0 bridgehead atoms. The molecule has 106 valence electrons. The Hall–Kier alpha value is -2.84. The maximum Gasteiger partial charge on any atom is 0.261 e. The van der Waals surface area contributed by atoms with E-state index < -0.39 is 0 Å². The highest BCUT2D eigenvalue weighted by atomic mass is 16.5. The molecule has 1 aromatic carbocycles. The molecule has 1 heterocycles. The molecule has 5 heteroatoms. The van der Waals surface area contributed by atoms with Crippen LogP contribution in [0.25, 0.3) is 0 Å². The zero-order chi connectivity index (χ0) is 15.1. The number of hydrogen-bond acceptors (Lipinski definition) is 4. The number of carbonyl (C=O) groups is 1. The molecule has 0 aliphatic rings. The molecule has 0 radical (unpaired) electrons. The number of methoxy groups -OCH3 is 1. The summed E-state index contributed by atoms with van der Waals surface area (Å²) in [5.41, 5.74) is 1.67. The van der Waals surface area contributed by atoms with Crippen molar-refractivity contribution in [2.75, 3.05) is 19.0 Å². The predicted octanol–water partition coefficient (Wildman–Crippen LogP) is 1.69. The number of nitrogens with zero attached hydrogens (tertiary/aromatic N) is 1. The van der Waals surface area contributed by atoms with Gasteiger partial charge in [-0.05, 0) is 30.3 Å². The predicted molar refractivity (Wildman–Crippen MR) is 79.1 cm³/mol. The van der Waals surface area contributed by atoms with E-state index in [0.29, 0.717) is 16.8 Å². The Bertz CT molecular complexity index is 702. The van der Waals surface area contributed by atoms with Crippen molar-refractivity contribution in [1.29, 1.82) is 0 Å². The summed E-state index contributed by atoms with van der Waals surface area (Å²) >= 11 is 0. The van der Waals surface area contributed by atoms with E-state index in [9.17, 15) is 4.79 Å². The number of aromatic nitrogens is 1. The Morgan fingerprint density at radius 1 is 1.38 bits per heavy atom. The molecule has 0 unspecified atom stereocenters. The third-order valence-corrected chi connectivity index (χ3v) is 2.64. The third kappa shape index (κ3) is 3.81. The molecule has 21 heavy (non-hydrogen) atoms. The van der Waals surface area contributed by atoms with Crippen LogP contribution < -0.4 is 10.1 Å². The number of nitrogens with one attached hydrogen (secondary N) is 1. The maximum atomic E-state index is 12.2.